The van der Waals surface area contributed by atoms with E-state index in [1.165, 1.54) is 16.0 Å². The van der Waals surface area contributed by atoms with Crippen molar-refractivity contribution in [3.63, 3.8) is 0 Å². The van der Waals surface area contributed by atoms with E-state index in [1.54, 1.807) is 11.8 Å². The minimum Gasteiger partial charge on any atom is -0.440 e. The van der Waals surface area contributed by atoms with Gasteiger partial charge < -0.3 is 4.42 Å². The number of nitrogens with zero attached hydrogens (tertiary/aromatic N) is 1. The van der Waals surface area contributed by atoms with Crippen LogP contribution in [0.5, 0.6) is 0 Å². The summed E-state index contributed by atoms with van der Waals surface area (Å²) < 4.78 is 5.88. The molecule has 2 nitrogen and oxygen atoms in total. The largest absolute Gasteiger partial charge is 0.440 e. The zero-order chi connectivity index (χ0) is 15.7. The maximum absolute atomic E-state index is 5.88. The van der Waals surface area contributed by atoms with Gasteiger partial charge >= 0.3 is 0 Å². The monoisotopic (exact) mass is 311 g/mol. The van der Waals surface area contributed by atoms with Crippen LogP contribution in [0.1, 0.15) is 37.8 Å². The first kappa shape index (κ1) is 15.2. The van der Waals surface area contributed by atoms with Crippen LogP contribution >= 0.6 is 11.8 Å². The van der Waals surface area contributed by atoms with Gasteiger partial charge in [-0.1, -0.05) is 39.0 Å². The van der Waals surface area contributed by atoms with Gasteiger partial charge in [-0.3, -0.25) is 0 Å². The molecule has 0 aliphatic rings. The molecule has 1 aromatic heterocycles. The van der Waals surface area contributed by atoms with Gasteiger partial charge in [0.05, 0.1) is 0 Å². The summed E-state index contributed by atoms with van der Waals surface area (Å²) in [7, 11) is 0. The molecule has 0 radical (unpaired) electrons. The van der Waals surface area contributed by atoms with E-state index in [9.17, 15) is 0 Å². The topological polar surface area (TPSA) is 26.0 Å². The van der Waals surface area contributed by atoms with Gasteiger partial charge in [0, 0.05) is 11.3 Å². The fraction of sp³-hybridized carbons (Fsp3) is 0.316. The molecule has 0 fully saturated rings. The quantitative estimate of drug-likeness (QED) is 0.603. The highest BCUT2D eigenvalue weighted by Crippen LogP contribution is 2.27. The summed E-state index contributed by atoms with van der Waals surface area (Å²) in [6.45, 7) is 6.63. The second-order valence-electron chi connectivity index (χ2n) is 6.56. The third-order valence-corrected chi connectivity index (χ3v) is 4.56. The van der Waals surface area contributed by atoms with Crippen molar-refractivity contribution in [3.8, 4) is 0 Å². The van der Waals surface area contributed by atoms with Crippen molar-refractivity contribution >= 4 is 22.9 Å². The third kappa shape index (κ3) is 3.20. The highest BCUT2D eigenvalue weighted by molar-refractivity contribution is 7.98. The molecule has 3 heteroatoms. The molecule has 114 valence electrons. The lowest BCUT2D eigenvalue weighted by Crippen LogP contribution is -2.10. The van der Waals surface area contributed by atoms with E-state index < -0.39 is 0 Å². The number of benzene rings is 2. The molecule has 2 aromatic carbocycles. The standard InChI is InChI=1S/C19H21NOS/c1-19(2,3)14-7-10-17-16(12-14)20-18(21-17)11-13-5-8-15(22-4)9-6-13/h5-10,12H,11H2,1-4H3. The molecule has 0 bridgehead atoms. The second-order valence-corrected chi connectivity index (χ2v) is 7.44. The number of hydrogen-bond donors (Lipinski definition) is 0. The van der Waals surface area contributed by atoms with Gasteiger partial charge in [-0.2, -0.15) is 0 Å². The summed E-state index contributed by atoms with van der Waals surface area (Å²) in [5, 5.41) is 0. The second kappa shape index (κ2) is 5.81. The molecule has 0 N–H and O–H groups in total. The summed E-state index contributed by atoms with van der Waals surface area (Å²) >= 11 is 1.75. The van der Waals surface area contributed by atoms with Crippen LogP contribution in [0.15, 0.2) is 51.8 Å². The van der Waals surface area contributed by atoms with Crippen LogP contribution in [0.4, 0.5) is 0 Å². The van der Waals surface area contributed by atoms with Crippen LogP contribution in [0, 0.1) is 0 Å². The lowest BCUT2D eigenvalue weighted by molar-refractivity contribution is 0.543. The van der Waals surface area contributed by atoms with E-state index in [-0.39, 0.29) is 5.41 Å². The zero-order valence-electron chi connectivity index (χ0n) is 13.5. The van der Waals surface area contributed by atoms with Crippen molar-refractivity contribution in [3.05, 3.63) is 59.5 Å². The highest BCUT2D eigenvalue weighted by Gasteiger charge is 2.15. The summed E-state index contributed by atoms with van der Waals surface area (Å²) in [5.74, 6) is 0.776. The molecular weight excluding hydrogens is 290 g/mol. The van der Waals surface area contributed by atoms with E-state index in [2.05, 4.69) is 68.4 Å². The molecule has 3 rings (SSSR count). The maximum Gasteiger partial charge on any atom is 0.199 e. The molecule has 22 heavy (non-hydrogen) atoms. The van der Waals surface area contributed by atoms with Crippen molar-refractivity contribution in [1.82, 2.24) is 4.98 Å². The summed E-state index contributed by atoms with van der Waals surface area (Å²) in [5.41, 5.74) is 4.44. The van der Waals surface area contributed by atoms with Crippen LogP contribution in [0.25, 0.3) is 11.1 Å². The van der Waals surface area contributed by atoms with Gasteiger partial charge in [0.25, 0.3) is 0 Å². The van der Waals surface area contributed by atoms with Gasteiger partial charge in [0.15, 0.2) is 11.5 Å². The first-order valence-electron chi connectivity index (χ1n) is 7.48. The van der Waals surface area contributed by atoms with Crippen molar-refractivity contribution in [2.75, 3.05) is 6.26 Å². The number of hydrogen-bond acceptors (Lipinski definition) is 3. The van der Waals surface area contributed by atoms with Crippen LogP contribution < -0.4 is 0 Å². The molecule has 0 spiro atoms. The van der Waals surface area contributed by atoms with E-state index in [1.807, 2.05) is 6.07 Å². The van der Waals surface area contributed by atoms with E-state index in [0.717, 1.165) is 23.4 Å². The highest BCUT2D eigenvalue weighted by atomic mass is 32.2. The minimum atomic E-state index is 0.126. The first-order chi connectivity index (χ1) is 10.5. The molecule has 1 heterocycles. The Hall–Kier alpha value is -1.74. The minimum absolute atomic E-state index is 0.126. The maximum atomic E-state index is 5.88. The normalized spacial score (nSPS) is 12.0. The molecule has 0 saturated heterocycles. The number of fused-ring (bicyclic) bond motifs is 1. The van der Waals surface area contributed by atoms with E-state index in [4.69, 9.17) is 4.42 Å². The Morgan fingerprint density at radius 3 is 2.41 bits per heavy atom. The third-order valence-electron chi connectivity index (χ3n) is 3.81. The molecule has 0 atom stereocenters. The Balaban J connectivity index is 1.88. The lowest BCUT2D eigenvalue weighted by Gasteiger charge is -2.18. The summed E-state index contributed by atoms with van der Waals surface area (Å²) in [6.07, 6.45) is 2.82. The molecule has 0 aliphatic heterocycles. The van der Waals surface area contributed by atoms with Crippen molar-refractivity contribution < 1.29 is 4.42 Å². The van der Waals surface area contributed by atoms with E-state index >= 15 is 0 Å². The smallest absolute Gasteiger partial charge is 0.199 e. The Kier molecular flexibility index (Phi) is 4.00. The predicted molar refractivity (Wildman–Crippen MR) is 93.7 cm³/mol. The van der Waals surface area contributed by atoms with Crippen molar-refractivity contribution in [2.24, 2.45) is 0 Å². The zero-order valence-corrected chi connectivity index (χ0v) is 14.3. The molecular formula is C19H21NOS. The van der Waals surface area contributed by atoms with Gasteiger partial charge in [-0.25, -0.2) is 4.98 Å². The van der Waals surface area contributed by atoms with Crippen molar-refractivity contribution in [1.29, 1.82) is 0 Å². The van der Waals surface area contributed by atoms with Crippen LogP contribution in [-0.4, -0.2) is 11.2 Å². The van der Waals surface area contributed by atoms with Gasteiger partial charge in [0.2, 0.25) is 0 Å². The Labute approximate surface area is 135 Å². The molecule has 0 amide bonds. The first-order valence-corrected chi connectivity index (χ1v) is 8.71. The molecule has 0 unspecified atom stereocenters. The predicted octanol–water partition coefficient (Wildman–Crippen LogP) is 5.44. The summed E-state index contributed by atoms with van der Waals surface area (Å²) in [4.78, 5) is 5.93. The molecule has 0 saturated carbocycles. The lowest BCUT2D eigenvalue weighted by atomic mass is 9.87. The van der Waals surface area contributed by atoms with Gasteiger partial charge in [0.1, 0.15) is 5.52 Å². The Morgan fingerprint density at radius 1 is 1.05 bits per heavy atom. The average Bonchev–Trinajstić information content (AvgIpc) is 2.88. The van der Waals surface area contributed by atoms with Crippen molar-refractivity contribution in [2.45, 2.75) is 37.5 Å². The van der Waals surface area contributed by atoms with Crippen LogP contribution in [0.2, 0.25) is 0 Å². The Morgan fingerprint density at radius 2 is 1.77 bits per heavy atom. The summed E-state index contributed by atoms with van der Waals surface area (Å²) in [6, 6.07) is 14.9. The number of thioether (sulfide) groups is 1. The van der Waals surface area contributed by atoms with Gasteiger partial charge in [-0.15, -0.1) is 11.8 Å². The Bertz CT molecular complexity index is 781. The number of rotatable bonds is 3. The fourth-order valence-electron chi connectivity index (χ4n) is 2.44. The van der Waals surface area contributed by atoms with Gasteiger partial charge in [-0.05, 0) is 47.1 Å². The number of oxazole rings is 1. The average molecular weight is 311 g/mol. The van der Waals surface area contributed by atoms with E-state index in [0.29, 0.717) is 0 Å². The molecule has 3 aromatic rings. The SMILES string of the molecule is CSc1ccc(Cc2nc3cc(C(C)(C)C)ccc3o2)cc1. The fourth-order valence-corrected chi connectivity index (χ4v) is 2.84. The van der Waals surface area contributed by atoms with Crippen LogP contribution in [0.3, 0.4) is 0 Å². The number of aromatic nitrogens is 1. The van der Waals surface area contributed by atoms with Crippen LogP contribution in [-0.2, 0) is 11.8 Å². The molecule has 0 aliphatic carbocycles.